The molecule has 0 bridgehead atoms. The highest BCUT2D eigenvalue weighted by atomic mass is 16.3. The Hall–Kier alpha value is -4.68. The van der Waals surface area contributed by atoms with E-state index in [4.69, 9.17) is 17.2 Å². The Labute approximate surface area is 195 Å². The van der Waals surface area contributed by atoms with E-state index in [0.717, 1.165) is 0 Å². The van der Waals surface area contributed by atoms with Crippen molar-refractivity contribution in [1.29, 1.82) is 0 Å². The molecular weight excluding hydrogens is 442 g/mol. The molecule has 0 unspecified atom stereocenters. The number of carbonyl (C=O) groups is 3. The largest absolute Gasteiger partial charge is 0.397 e. The van der Waals surface area contributed by atoms with Crippen molar-refractivity contribution in [3.8, 4) is 0 Å². The summed E-state index contributed by atoms with van der Waals surface area (Å²) in [5.74, 6) is -1.14. The van der Waals surface area contributed by atoms with Gasteiger partial charge in [-0.05, 0) is 18.2 Å². The molecule has 3 amide bonds. The van der Waals surface area contributed by atoms with Crippen LogP contribution in [0, 0.1) is 0 Å². The van der Waals surface area contributed by atoms with Crippen molar-refractivity contribution in [2.24, 2.45) is 37.6 Å². The summed E-state index contributed by atoms with van der Waals surface area (Å²) in [4.78, 5) is 41.5. The molecule has 0 fully saturated rings. The zero-order valence-electron chi connectivity index (χ0n) is 19.1. The van der Waals surface area contributed by atoms with Crippen LogP contribution in [0.2, 0.25) is 0 Å². The molecule has 3 aromatic heterocycles. The van der Waals surface area contributed by atoms with E-state index in [0.29, 0.717) is 34.1 Å². The van der Waals surface area contributed by atoms with Crippen LogP contribution in [0.5, 0.6) is 0 Å². The fourth-order valence-electron chi connectivity index (χ4n) is 3.37. The summed E-state index contributed by atoms with van der Waals surface area (Å²) in [5.41, 5.74) is 18.7. The number of aromatic nitrogens is 3. The van der Waals surface area contributed by atoms with Crippen molar-refractivity contribution >= 4 is 40.7 Å². The van der Waals surface area contributed by atoms with Gasteiger partial charge in [-0.1, -0.05) is 0 Å². The van der Waals surface area contributed by atoms with Crippen molar-refractivity contribution in [1.82, 2.24) is 19.0 Å². The minimum absolute atomic E-state index is 0.0498. The SMILES string of the molecule is Cn1cc(NC(=O)c2cc(N[14C](=O)c3cc(N)cn3C)cn2C)cc1C(=O)NCCN=C(N)N. The highest BCUT2D eigenvalue weighted by molar-refractivity contribution is 6.07. The maximum Gasteiger partial charge on any atom is 0.272 e. The number of rotatable bonds is 8. The number of nitrogens with two attached hydrogens (primary N) is 3. The van der Waals surface area contributed by atoms with Crippen molar-refractivity contribution in [3.63, 3.8) is 0 Å². The number of hydrogen-bond donors (Lipinski definition) is 6. The minimum atomic E-state index is -0.406. The number of nitrogen functional groups attached to an aromatic ring is 1. The predicted molar refractivity (Wildman–Crippen MR) is 130 cm³/mol. The van der Waals surface area contributed by atoms with Crippen LogP contribution < -0.4 is 33.2 Å². The first-order valence-electron chi connectivity index (χ1n) is 10.3. The van der Waals surface area contributed by atoms with Gasteiger partial charge in [0.1, 0.15) is 17.1 Å². The van der Waals surface area contributed by atoms with Gasteiger partial charge >= 0.3 is 0 Å². The predicted octanol–water partition coefficient (Wildman–Crippen LogP) is -0.208. The lowest BCUT2D eigenvalue weighted by atomic mass is 10.3. The Morgan fingerprint density at radius 3 is 2.18 bits per heavy atom. The summed E-state index contributed by atoms with van der Waals surface area (Å²) >= 11 is 0. The molecule has 34 heavy (non-hydrogen) atoms. The molecule has 0 saturated carbocycles. The maximum atomic E-state index is 12.8. The molecule has 0 aromatic carbocycles. The normalized spacial score (nSPS) is 10.6. The van der Waals surface area contributed by atoms with Gasteiger partial charge in [-0.2, -0.15) is 0 Å². The number of aliphatic imine (C=N–C) groups is 1. The van der Waals surface area contributed by atoms with Crippen LogP contribution >= 0.6 is 0 Å². The lowest BCUT2D eigenvalue weighted by molar-refractivity contribution is 0.0945. The zero-order chi connectivity index (χ0) is 25.0. The Bertz CT molecular complexity index is 1260. The summed E-state index contributed by atoms with van der Waals surface area (Å²) in [7, 11) is 5.09. The average Bonchev–Trinajstić information content (AvgIpc) is 3.41. The first kappa shape index (κ1) is 24.0. The number of hydrogen-bond acceptors (Lipinski definition) is 5. The molecule has 9 N–H and O–H groups in total. The molecule has 13 heteroatoms. The van der Waals surface area contributed by atoms with Crippen LogP contribution in [0.1, 0.15) is 31.5 Å². The maximum absolute atomic E-state index is 12.8. The van der Waals surface area contributed by atoms with E-state index < -0.39 is 5.91 Å². The second-order valence-corrected chi connectivity index (χ2v) is 7.69. The molecule has 0 radical (unpaired) electrons. The molecule has 0 spiro atoms. The van der Waals surface area contributed by atoms with Gasteiger partial charge in [0.15, 0.2) is 5.96 Å². The molecule has 0 saturated heterocycles. The zero-order valence-corrected chi connectivity index (χ0v) is 19.1. The average molecular weight is 471 g/mol. The molecule has 180 valence electrons. The number of nitrogens with one attached hydrogen (secondary N) is 3. The summed E-state index contributed by atoms with van der Waals surface area (Å²) in [5, 5.41) is 8.21. The van der Waals surface area contributed by atoms with E-state index in [1.807, 2.05) is 0 Å². The minimum Gasteiger partial charge on any atom is -0.397 e. The van der Waals surface area contributed by atoms with Gasteiger partial charge < -0.3 is 46.9 Å². The second-order valence-electron chi connectivity index (χ2n) is 7.69. The molecule has 0 atom stereocenters. The second kappa shape index (κ2) is 9.85. The summed E-state index contributed by atoms with van der Waals surface area (Å²) in [6.45, 7) is 0.517. The van der Waals surface area contributed by atoms with E-state index in [2.05, 4.69) is 20.9 Å². The van der Waals surface area contributed by atoms with E-state index in [1.165, 1.54) is 0 Å². The summed E-state index contributed by atoms with van der Waals surface area (Å²) in [6.07, 6.45) is 4.88. The molecular formula is C21H28N10O3. The molecule has 3 aromatic rings. The van der Waals surface area contributed by atoms with Crippen molar-refractivity contribution in [3.05, 3.63) is 53.9 Å². The summed E-state index contributed by atoms with van der Waals surface area (Å²) < 4.78 is 4.80. The van der Waals surface area contributed by atoms with Gasteiger partial charge in [0.2, 0.25) is 0 Å². The molecule has 0 aliphatic rings. The fourth-order valence-corrected chi connectivity index (χ4v) is 3.37. The van der Waals surface area contributed by atoms with Crippen LogP contribution in [-0.4, -0.2) is 50.5 Å². The van der Waals surface area contributed by atoms with E-state index in [1.54, 1.807) is 71.6 Å². The van der Waals surface area contributed by atoms with E-state index >= 15 is 0 Å². The topological polar surface area (TPSA) is 193 Å². The van der Waals surface area contributed by atoms with Crippen LogP contribution in [0.4, 0.5) is 17.1 Å². The number of guanidine groups is 1. The van der Waals surface area contributed by atoms with Gasteiger partial charge in [0.05, 0.1) is 23.6 Å². The number of aryl methyl sites for hydroxylation is 3. The monoisotopic (exact) mass is 470 g/mol. The molecule has 3 rings (SSSR count). The standard InChI is InChI=1S/C21H28N10O3/c1-29-9-12(22)6-15(29)19(33)27-14-8-17(31(3)11-14)20(34)28-13-7-16(30(2)10-13)18(32)25-4-5-26-21(23)24/h6-11H,4-5,22H2,1-3H3,(H,25,32)(H,27,33)(H,28,34)(H4,23,24,26)/i19+2. The van der Waals surface area contributed by atoms with Gasteiger partial charge in [0.25, 0.3) is 17.7 Å². The highest BCUT2D eigenvalue weighted by Crippen LogP contribution is 2.19. The molecule has 0 aliphatic carbocycles. The third-order valence-electron chi connectivity index (χ3n) is 4.94. The van der Waals surface area contributed by atoms with Crippen LogP contribution in [-0.2, 0) is 21.1 Å². The Morgan fingerprint density at radius 2 is 1.56 bits per heavy atom. The first-order valence-corrected chi connectivity index (χ1v) is 10.3. The number of carbonyl (C=O) groups excluding carboxylic acids is 3. The number of nitrogens with zero attached hydrogens (tertiary/aromatic N) is 4. The molecule has 13 nitrogen and oxygen atoms in total. The lowest BCUT2D eigenvalue weighted by Gasteiger charge is -2.04. The Kier molecular flexibility index (Phi) is 6.95. The molecule has 0 aliphatic heterocycles. The fraction of sp³-hybridized carbons (Fsp3) is 0.238. The van der Waals surface area contributed by atoms with Crippen molar-refractivity contribution < 1.29 is 14.4 Å². The van der Waals surface area contributed by atoms with Crippen LogP contribution in [0.25, 0.3) is 0 Å². The molecule has 3 heterocycles. The lowest BCUT2D eigenvalue weighted by Crippen LogP contribution is -2.29. The van der Waals surface area contributed by atoms with Crippen LogP contribution in [0.3, 0.4) is 0 Å². The van der Waals surface area contributed by atoms with Crippen molar-refractivity contribution in [2.75, 3.05) is 29.5 Å². The third kappa shape index (κ3) is 5.56. The van der Waals surface area contributed by atoms with Gasteiger partial charge in [-0.3, -0.25) is 19.4 Å². The van der Waals surface area contributed by atoms with E-state index in [9.17, 15) is 14.4 Å². The highest BCUT2D eigenvalue weighted by Gasteiger charge is 2.18. The third-order valence-corrected chi connectivity index (χ3v) is 4.94. The smallest absolute Gasteiger partial charge is 0.272 e. The van der Waals surface area contributed by atoms with Crippen molar-refractivity contribution in [2.45, 2.75) is 0 Å². The van der Waals surface area contributed by atoms with E-state index in [-0.39, 0.29) is 30.9 Å². The number of amides is 3. The first-order chi connectivity index (χ1) is 16.0. The Morgan fingerprint density at radius 1 is 0.941 bits per heavy atom. The summed E-state index contributed by atoms with van der Waals surface area (Å²) in [6, 6.07) is 4.68. The quantitative estimate of drug-likeness (QED) is 0.150. The number of anilines is 3. The van der Waals surface area contributed by atoms with Gasteiger partial charge in [-0.15, -0.1) is 0 Å². The Balaban J connectivity index is 1.65. The van der Waals surface area contributed by atoms with Crippen LogP contribution in [0.15, 0.2) is 41.8 Å². The van der Waals surface area contributed by atoms with Gasteiger partial charge in [0, 0.05) is 46.3 Å². The van der Waals surface area contributed by atoms with Gasteiger partial charge in [-0.25, -0.2) is 0 Å².